The predicted octanol–water partition coefficient (Wildman–Crippen LogP) is 2.64. The van der Waals surface area contributed by atoms with Crippen LogP contribution in [-0.2, 0) is 6.54 Å². The van der Waals surface area contributed by atoms with Gasteiger partial charge in [0.05, 0.1) is 0 Å². The highest BCUT2D eigenvalue weighted by Gasteiger charge is 2.17. The van der Waals surface area contributed by atoms with Crippen molar-refractivity contribution in [2.45, 2.75) is 33.7 Å². The van der Waals surface area contributed by atoms with Gasteiger partial charge in [-0.15, -0.1) is 0 Å². The van der Waals surface area contributed by atoms with Crippen LogP contribution in [-0.4, -0.2) is 44.2 Å². The number of rotatable bonds is 6. The van der Waals surface area contributed by atoms with E-state index in [2.05, 4.69) is 54.1 Å². The van der Waals surface area contributed by atoms with Gasteiger partial charge in [0, 0.05) is 38.4 Å². The number of nitrogens with one attached hydrogen (secondary N) is 1. The molecule has 1 aliphatic heterocycles. The van der Waals surface area contributed by atoms with Crippen molar-refractivity contribution in [3.8, 4) is 0 Å². The van der Waals surface area contributed by atoms with E-state index in [1.807, 2.05) is 0 Å². The maximum atomic E-state index is 3.47. The zero-order valence-electron chi connectivity index (χ0n) is 13.3. The fourth-order valence-electron chi connectivity index (χ4n) is 2.90. The molecule has 0 amide bonds. The van der Waals surface area contributed by atoms with E-state index in [-0.39, 0.29) is 0 Å². The first-order chi connectivity index (χ1) is 9.74. The van der Waals surface area contributed by atoms with E-state index in [0.717, 1.165) is 26.2 Å². The lowest BCUT2D eigenvalue weighted by Crippen LogP contribution is -2.46. The minimum Gasteiger partial charge on any atom is -0.369 e. The topological polar surface area (TPSA) is 18.5 Å². The summed E-state index contributed by atoms with van der Waals surface area (Å²) in [5.74, 6) is 0. The third-order valence-electron chi connectivity index (χ3n) is 4.18. The average Bonchev–Trinajstić information content (AvgIpc) is 2.48. The van der Waals surface area contributed by atoms with Crippen LogP contribution in [0.25, 0.3) is 0 Å². The summed E-state index contributed by atoms with van der Waals surface area (Å²) in [6.45, 7) is 14.6. The second-order valence-electron chi connectivity index (χ2n) is 5.72. The lowest BCUT2D eigenvalue weighted by molar-refractivity contribution is 0.271. The molecule has 0 unspecified atom stereocenters. The van der Waals surface area contributed by atoms with Crippen LogP contribution in [0.1, 0.15) is 31.4 Å². The number of likely N-dealkylation sites (N-methyl/N-ethyl adjacent to an activating group) is 1. The van der Waals surface area contributed by atoms with Crippen LogP contribution >= 0.6 is 0 Å². The Hall–Kier alpha value is -1.06. The Morgan fingerprint density at radius 3 is 2.45 bits per heavy atom. The van der Waals surface area contributed by atoms with Crippen molar-refractivity contribution >= 4 is 5.69 Å². The van der Waals surface area contributed by atoms with Crippen LogP contribution in [0.15, 0.2) is 18.2 Å². The highest BCUT2D eigenvalue weighted by atomic mass is 15.3. The maximum absolute atomic E-state index is 3.47. The van der Waals surface area contributed by atoms with Gasteiger partial charge in [0.15, 0.2) is 0 Å². The van der Waals surface area contributed by atoms with Crippen molar-refractivity contribution in [1.82, 2.24) is 10.2 Å². The van der Waals surface area contributed by atoms with Crippen LogP contribution < -0.4 is 10.2 Å². The first-order valence-electron chi connectivity index (χ1n) is 8.02. The zero-order valence-corrected chi connectivity index (χ0v) is 13.3. The summed E-state index contributed by atoms with van der Waals surface area (Å²) >= 11 is 0. The number of benzene rings is 1. The lowest BCUT2D eigenvalue weighted by Gasteiger charge is -2.36. The van der Waals surface area contributed by atoms with Gasteiger partial charge in [-0.25, -0.2) is 0 Å². The second kappa shape index (κ2) is 7.65. The van der Waals surface area contributed by atoms with E-state index in [4.69, 9.17) is 0 Å². The van der Waals surface area contributed by atoms with Crippen LogP contribution in [0.2, 0.25) is 0 Å². The quantitative estimate of drug-likeness (QED) is 0.805. The Kier molecular flexibility index (Phi) is 5.86. The van der Waals surface area contributed by atoms with E-state index in [1.54, 1.807) is 0 Å². The molecule has 0 aliphatic carbocycles. The van der Waals surface area contributed by atoms with Gasteiger partial charge in [-0.2, -0.15) is 0 Å². The largest absolute Gasteiger partial charge is 0.369 e. The Labute approximate surface area is 124 Å². The van der Waals surface area contributed by atoms with Crippen molar-refractivity contribution in [3.05, 3.63) is 29.3 Å². The molecular weight excluding hydrogens is 246 g/mol. The van der Waals surface area contributed by atoms with Crippen LogP contribution in [0.3, 0.4) is 0 Å². The summed E-state index contributed by atoms with van der Waals surface area (Å²) in [5.41, 5.74) is 4.22. The molecule has 1 fully saturated rings. The van der Waals surface area contributed by atoms with Crippen molar-refractivity contribution < 1.29 is 0 Å². The van der Waals surface area contributed by atoms with Gasteiger partial charge in [0.1, 0.15) is 0 Å². The third-order valence-corrected chi connectivity index (χ3v) is 4.18. The monoisotopic (exact) mass is 275 g/mol. The van der Waals surface area contributed by atoms with Gasteiger partial charge in [0.25, 0.3) is 0 Å². The summed E-state index contributed by atoms with van der Waals surface area (Å²) in [4.78, 5) is 5.06. The molecule has 3 nitrogen and oxygen atoms in total. The van der Waals surface area contributed by atoms with Crippen LogP contribution in [0.4, 0.5) is 5.69 Å². The highest BCUT2D eigenvalue weighted by molar-refractivity contribution is 5.54. The van der Waals surface area contributed by atoms with E-state index >= 15 is 0 Å². The van der Waals surface area contributed by atoms with Gasteiger partial charge in [0.2, 0.25) is 0 Å². The summed E-state index contributed by atoms with van der Waals surface area (Å²) in [6.07, 6.45) is 1.19. The minimum atomic E-state index is 0.985. The van der Waals surface area contributed by atoms with Gasteiger partial charge < -0.3 is 15.1 Å². The number of hydrogen-bond acceptors (Lipinski definition) is 3. The molecule has 2 rings (SSSR count). The Bertz CT molecular complexity index is 409. The summed E-state index contributed by atoms with van der Waals surface area (Å²) in [5, 5.41) is 3.47. The molecule has 0 spiro atoms. The Morgan fingerprint density at radius 2 is 1.85 bits per heavy atom. The number of anilines is 1. The molecule has 0 saturated carbocycles. The zero-order chi connectivity index (χ0) is 14.4. The van der Waals surface area contributed by atoms with E-state index in [1.165, 1.54) is 42.9 Å². The van der Waals surface area contributed by atoms with Gasteiger partial charge >= 0.3 is 0 Å². The molecule has 0 bridgehead atoms. The predicted molar refractivity (Wildman–Crippen MR) is 87.5 cm³/mol. The molecule has 1 aromatic rings. The van der Waals surface area contributed by atoms with Crippen molar-refractivity contribution in [3.63, 3.8) is 0 Å². The molecule has 1 heterocycles. The Balaban J connectivity index is 1.95. The van der Waals surface area contributed by atoms with Crippen molar-refractivity contribution in [2.75, 3.05) is 44.2 Å². The second-order valence-corrected chi connectivity index (χ2v) is 5.72. The summed E-state index contributed by atoms with van der Waals surface area (Å²) in [7, 11) is 0. The van der Waals surface area contributed by atoms with Crippen molar-refractivity contribution in [1.29, 1.82) is 0 Å². The van der Waals surface area contributed by atoms with Gasteiger partial charge in [-0.3, -0.25) is 0 Å². The normalized spacial score (nSPS) is 16.6. The molecule has 3 heteroatoms. The SMILES string of the molecule is CCCNCc1ccc(N2CCN(CC)CC2)c(C)c1. The molecule has 0 aromatic heterocycles. The fourth-order valence-corrected chi connectivity index (χ4v) is 2.90. The smallest absolute Gasteiger partial charge is 0.0397 e. The Morgan fingerprint density at radius 1 is 1.10 bits per heavy atom. The first kappa shape index (κ1) is 15.3. The maximum Gasteiger partial charge on any atom is 0.0397 e. The van der Waals surface area contributed by atoms with E-state index in [9.17, 15) is 0 Å². The average molecular weight is 275 g/mol. The minimum absolute atomic E-state index is 0.985. The number of nitrogens with zero attached hydrogens (tertiary/aromatic N) is 2. The lowest BCUT2D eigenvalue weighted by atomic mass is 10.1. The summed E-state index contributed by atoms with van der Waals surface area (Å²) in [6, 6.07) is 6.92. The first-order valence-corrected chi connectivity index (χ1v) is 8.02. The van der Waals surface area contributed by atoms with E-state index in [0.29, 0.717) is 0 Å². The molecule has 0 radical (unpaired) electrons. The molecule has 0 atom stereocenters. The molecule has 1 aliphatic rings. The number of aryl methyl sites for hydroxylation is 1. The molecule has 20 heavy (non-hydrogen) atoms. The van der Waals surface area contributed by atoms with Gasteiger partial charge in [-0.05, 0) is 43.6 Å². The van der Waals surface area contributed by atoms with Gasteiger partial charge in [-0.1, -0.05) is 26.0 Å². The highest BCUT2D eigenvalue weighted by Crippen LogP contribution is 2.22. The molecule has 1 saturated heterocycles. The number of piperazine rings is 1. The molecule has 112 valence electrons. The molecule has 1 aromatic carbocycles. The standard InChI is InChI=1S/C17H29N3/c1-4-8-18-14-16-6-7-17(15(3)13-16)20-11-9-19(5-2)10-12-20/h6-7,13,18H,4-5,8-12,14H2,1-3H3. The number of hydrogen-bond donors (Lipinski definition) is 1. The van der Waals surface area contributed by atoms with E-state index < -0.39 is 0 Å². The third kappa shape index (κ3) is 3.97. The molecule has 1 N–H and O–H groups in total. The molecular formula is C17H29N3. The van der Waals surface area contributed by atoms with Crippen molar-refractivity contribution in [2.24, 2.45) is 0 Å². The van der Waals surface area contributed by atoms with Crippen LogP contribution in [0.5, 0.6) is 0 Å². The summed E-state index contributed by atoms with van der Waals surface area (Å²) < 4.78 is 0. The van der Waals surface area contributed by atoms with Crippen LogP contribution in [0, 0.1) is 6.92 Å². The fraction of sp³-hybridized carbons (Fsp3) is 0.647.